The average Bonchev–Trinajstić information content (AvgIpc) is 2.58. The van der Waals surface area contributed by atoms with E-state index in [1.54, 1.807) is 19.2 Å². The van der Waals surface area contributed by atoms with Gasteiger partial charge in [-0.25, -0.2) is 4.39 Å². The van der Waals surface area contributed by atoms with E-state index in [1.807, 2.05) is 12.1 Å². The Balaban J connectivity index is 0.00000288. The lowest BCUT2D eigenvalue weighted by atomic mass is 10.0. The smallest absolute Gasteiger partial charge is 0.191 e. The number of guanidine groups is 1. The van der Waals surface area contributed by atoms with Crippen molar-refractivity contribution < 1.29 is 4.39 Å². The zero-order valence-electron chi connectivity index (χ0n) is 14.1. The molecule has 0 spiro atoms. The minimum Gasteiger partial charge on any atom is -0.356 e. The molecule has 0 heterocycles. The first-order valence-electron chi connectivity index (χ1n) is 7.93. The van der Waals surface area contributed by atoms with Gasteiger partial charge in [-0.05, 0) is 35.6 Å². The molecule has 2 aromatic rings. The predicted molar refractivity (Wildman–Crippen MR) is 110 cm³/mol. The summed E-state index contributed by atoms with van der Waals surface area (Å²) in [6.07, 6.45) is 0.757. The Morgan fingerprint density at radius 1 is 1.08 bits per heavy atom. The minimum atomic E-state index is -0.193. The predicted octanol–water partition coefficient (Wildman–Crippen LogP) is 3.95. The van der Waals surface area contributed by atoms with Crippen molar-refractivity contribution in [2.24, 2.45) is 4.99 Å². The van der Waals surface area contributed by atoms with Crippen molar-refractivity contribution in [2.45, 2.75) is 19.3 Å². The first-order valence-corrected chi connectivity index (χ1v) is 7.93. The summed E-state index contributed by atoms with van der Waals surface area (Å²) >= 11 is 0. The number of aliphatic imine (C=N–C) groups is 1. The quantitative estimate of drug-likeness (QED) is 0.405. The van der Waals surface area contributed by atoms with Crippen LogP contribution in [0.1, 0.15) is 24.0 Å². The Kier molecular flexibility index (Phi) is 9.37. The second kappa shape index (κ2) is 11.0. The van der Waals surface area contributed by atoms with Crippen molar-refractivity contribution in [1.29, 1.82) is 0 Å². The van der Waals surface area contributed by atoms with E-state index >= 15 is 0 Å². The third-order valence-corrected chi connectivity index (χ3v) is 3.76. The monoisotopic (exact) mass is 441 g/mol. The van der Waals surface area contributed by atoms with E-state index in [0.717, 1.165) is 24.5 Å². The van der Waals surface area contributed by atoms with Crippen LogP contribution in [-0.2, 0) is 6.42 Å². The molecule has 0 saturated carbocycles. The lowest BCUT2D eigenvalue weighted by Crippen LogP contribution is -2.39. The third kappa shape index (κ3) is 6.86. The van der Waals surface area contributed by atoms with Gasteiger partial charge in [-0.3, -0.25) is 4.99 Å². The Hall–Kier alpha value is -1.63. The van der Waals surface area contributed by atoms with Gasteiger partial charge < -0.3 is 10.6 Å². The fourth-order valence-electron chi connectivity index (χ4n) is 2.39. The summed E-state index contributed by atoms with van der Waals surface area (Å²) in [4.78, 5) is 4.22. The summed E-state index contributed by atoms with van der Waals surface area (Å²) in [5.41, 5.74) is 2.28. The lowest BCUT2D eigenvalue weighted by molar-refractivity contribution is 0.625. The number of nitrogens with one attached hydrogen (secondary N) is 2. The van der Waals surface area contributed by atoms with Crippen LogP contribution in [0.3, 0.4) is 0 Å². The van der Waals surface area contributed by atoms with E-state index in [2.05, 4.69) is 46.8 Å². The van der Waals surface area contributed by atoms with Gasteiger partial charge in [0, 0.05) is 20.1 Å². The first-order chi connectivity index (χ1) is 11.2. The molecule has 2 aromatic carbocycles. The molecule has 130 valence electrons. The molecule has 0 bridgehead atoms. The van der Waals surface area contributed by atoms with E-state index in [1.165, 1.54) is 11.6 Å². The van der Waals surface area contributed by atoms with Crippen LogP contribution in [0.5, 0.6) is 0 Å². The molecule has 0 aromatic heterocycles. The summed E-state index contributed by atoms with van der Waals surface area (Å²) in [7, 11) is 1.75. The molecule has 24 heavy (non-hydrogen) atoms. The Morgan fingerprint density at radius 3 is 2.50 bits per heavy atom. The van der Waals surface area contributed by atoms with Gasteiger partial charge in [0.05, 0.1) is 0 Å². The Bertz CT molecular complexity index is 632. The zero-order chi connectivity index (χ0) is 16.5. The van der Waals surface area contributed by atoms with Crippen LogP contribution in [0, 0.1) is 5.82 Å². The van der Waals surface area contributed by atoms with E-state index in [4.69, 9.17) is 0 Å². The van der Waals surface area contributed by atoms with Gasteiger partial charge in [-0.15, -0.1) is 24.0 Å². The van der Waals surface area contributed by atoms with Crippen LogP contribution >= 0.6 is 24.0 Å². The van der Waals surface area contributed by atoms with Crippen molar-refractivity contribution in [3.8, 4) is 0 Å². The highest BCUT2D eigenvalue weighted by atomic mass is 127. The number of rotatable bonds is 6. The normalized spacial score (nSPS) is 12.2. The molecule has 0 radical (unpaired) electrons. The van der Waals surface area contributed by atoms with Gasteiger partial charge in [0.1, 0.15) is 5.82 Å². The maximum Gasteiger partial charge on any atom is 0.191 e. The van der Waals surface area contributed by atoms with E-state index in [0.29, 0.717) is 12.5 Å². The number of benzene rings is 2. The molecule has 0 aliphatic heterocycles. The largest absolute Gasteiger partial charge is 0.356 e. The molecular weight excluding hydrogens is 416 g/mol. The fourth-order valence-corrected chi connectivity index (χ4v) is 2.39. The van der Waals surface area contributed by atoms with Crippen LogP contribution in [0.4, 0.5) is 4.39 Å². The topological polar surface area (TPSA) is 36.4 Å². The highest BCUT2D eigenvalue weighted by molar-refractivity contribution is 14.0. The number of hydrogen-bond acceptors (Lipinski definition) is 1. The molecule has 1 atom stereocenters. The van der Waals surface area contributed by atoms with Crippen molar-refractivity contribution in [3.05, 3.63) is 71.5 Å². The van der Waals surface area contributed by atoms with E-state index in [-0.39, 0.29) is 29.8 Å². The maximum atomic E-state index is 13.1. The van der Waals surface area contributed by atoms with Crippen molar-refractivity contribution in [3.63, 3.8) is 0 Å². The molecule has 0 fully saturated rings. The summed E-state index contributed by atoms with van der Waals surface area (Å²) in [5, 5.41) is 6.59. The third-order valence-electron chi connectivity index (χ3n) is 3.76. The minimum absolute atomic E-state index is 0. The molecule has 0 saturated heterocycles. The highest BCUT2D eigenvalue weighted by Crippen LogP contribution is 2.12. The lowest BCUT2D eigenvalue weighted by Gasteiger charge is -2.16. The van der Waals surface area contributed by atoms with Gasteiger partial charge in [-0.2, -0.15) is 0 Å². The van der Waals surface area contributed by atoms with Crippen molar-refractivity contribution in [1.82, 2.24) is 10.6 Å². The maximum absolute atomic E-state index is 13.1. The van der Waals surface area contributed by atoms with Crippen LogP contribution in [0.25, 0.3) is 0 Å². The second-order valence-corrected chi connectivity index (χ2v) is 5.57. The van der Waals surface area contributed by atoms with Crippen LogP contribution in [0.2, 0.25) is 0 Å². The number of halogens is 2. The van der Waals surface area contributed by atoms with Gasteiger partial charge in [0.15, 0.2) is 5.96 Å². The number of hydrogen-bond donors (Lipinski definition) is 2. The van der Waals surface area contributed by atoms with Crippen LogP contribution in [0.15, 0.2) is 59.6 Å². The molecule has 3 nitrogen and oxygen atoms in total. The molecule has 0 amide bonds. The standard InChI is InChI=1S/C19H24FN3.HI/c1-15(17-8-4-3-5-9-17)14-23-19(21-2)22-12-11-16-7-6-10-18(20)13-16;/h3-10,13,15H,11-12,14H2,1-2H3,(H2,21,22,23);1H. The first kappa shape index (κ1) is 20.4. The fraction of sp³-hybridized carbons (Fsp3) is 0.316. The van der Waals surface area contributed by atoms with Gasteiger partial charge in [-0.1, -0.05) is 49.4 Å². The number of nitrogens with zero attached hydrogens (tertiary/aromatic N) is 1. The summed E-state index contributed by atoms with van der Waals surface area (Å²) < 4.78 is 13.1. The molecule has 0 aliphatic rings. The molecule has 0 aliphatic carbocycles. The average molecular weight is 441 g/mol. The molecule has 1 unspecified atom stereocenters. The van der Waals surface area contributed by atoms with E-state index in [9.17, 15) is 4.39 Å². The Morgan fingerprint density at radius 2 is 1.83 bits per heavy atom. The Labute approximate surface area is 160 Å². The van der Waals surface area contributed by atoms with Crippen molar-refractivity contribution in [2.75, 3.05) is 20.1 Å². The second-order valence-electron chi connectivity index (χ2n) is 5.57. The van der Waals surface area contributed by atoms with E-state index < -0.39 is 0 Å². The summed E-state index contributed by atoms with van der Waals surface area (Å²) in [5.74, 6) is 0.976. The van der Waals surface area contributed by atoms with Gasteiger partial charge >= 0.3 is 0 Å². The van der Waals surface area contributed by atoms with Crippen molar-refractivity contribution >= 4 is 29.9 Å². The molecular formula is C19H25FIN3. The SMILES string of the molecule is CN=C(NCCc1cccc(F)c1)NCC(C)c1ccccc1.I. The van der Waals surface area contributed by atoms with Crippen LogP contribution < -0.4 is 10.6 Å². The molecule has 2 N–H and O–H groups in total. The molecule has 2 rings (SSSR count). The van der Waals surface area contributed by atoms with Gasteiger partial charge in [0.25, 0.3) is 0 Å². The highest BCUT2D eigenvalue weighted by Gasteiger charge is 2.06. The zero-order valence-corrected chi connectivity index (χ0v) is 16.5. The van der Waals surface area contributed by atoms with Gasteiger partial charge in [0.2, 0.25) is 0 Å². The molecule has 5 heteroatoms. The summed E-state index contributed by atoms with van der Waals surface area (Å²) in [6.45, 7) is 3.70. The van der Waals surface area contributed by atoms with Crippen LogP contribution in [-0.4, -0.2) is 26.1 Å². The summed E-state index contributed by atoms with van der Waals surface area (Å²) in [6, 6.07) is 17.1.